The van der Waals surface area contributed by atoms with Crippen LogP contribution in [0.15, 0.2) is 22.8 Å². The first-order valence-electron chi connectivity index (χ1n) is 7.33. The quantitative estimate of drug-likeness (QED) is 0.254. The first-order valence-corrected chi connectivity index (χ1v) is 7.70. The molecule has 3 rings (SSSR count). The second-order valence-corrected chi connectivity index (χ2v) is 5.31. The molecule has 1 aromatic carbocycles. The smallest absolute Gasteiger partial charge is 0.290 e. The number of aromatic amines is 1. The van der Waals surface area contributed by atoms with Crippen LogP contribution in [0.2, 0.25) is 5.02 Å². The highest BCUT2D eigenvalue weighted by molar-refractivity contribution is 6.31. The number of hydrogen-bond acceptors (Lipinski definition) is 9. The van der Waals surface area contributed by atoms with Crippen molar-refractivity contribution in [2.45, 2.75) is 0 Å². The van der Waals surface area contributed by atoms with Crippen LogP contribution in [0.1, 0.15) is 16.3 Å². The lowest BCUT2D eigenvalue weighted by molar-refractivity contribution is 0.0936. The maximum atomic E-state index is 13.2. The summed E-state index contributed by atoms with van der Waals surface area (Å²) in [7, 11) is 0. The molecule has 2 aromatic heterocycles. The fraction of sp³-hybridized carbons (Fsp3) is 0.154. The molecule has 3 aromatic rings. The summed E-state index contributed by atoms with van der Waals surface area (Å²) in [6, 6.07) is 3.87. The van der Waals surface area contributed by atoms with Crippen LogP contribution in [0.25, 0.3) is 0 Å². The van der Waals surface area contributed by atoms with Crippen molar-refractivity contribution in [3.05, 3.63) is 40.6 Å². The fourth-order valence-electron chi connectivity index (χ4n) is 1.86. The minimum atomic E-state index is -0.580. The van der Waals surface area contributed by atoms with Gasteiger partial charge in [0.1, 0.15) is 12.4 Å². The number of amides is 1. The summed E-state index contributed by atoms with van der Waals surface area (Å²) in [5.74, 6) is -1.39. The molecule has 0 aliphatic carbocycles. The average Bonchev–Trinajstić information content (AvgIpc) is 3.33. The summed E-state index contributed by atoms with van der Waals surface area (Å²) >= 11 is 5.69. The molecule has 0 spiro atoms. The van der Waals surface area contributed by atoms with E-state index in [0.717, 1.165) is 6.07 Å². The van der Waals surface area contributed by atoms with Gasteiger partial charge in [0.15, 0.2) is 5.84 Å². The van der Waals surface area contributed by atoms with Crippen molar-refractivity contribution < 1.29 is 18.6 Å². The maximum Gasteiger partial charge on any atom is 0.290 e. The molecule has 0 radical (unpaired) electrons. The van der Waals surface area contributed by atoms with Gasteiger partial charge < -0.3 is 15.4 Å². The van der Waals surface area contributed by atoms with E-state index >= 15 is 0 Å². The standard InChI is InChI=1S/C13H11ClFN9O3/c14-7-5-6(1-2-8(7)15)18-10(16)9-13(22-27-21-9)26-4-3-17-12(25)11-19-23-24-20-11/h1-2,5H,3-4H2,(H2,16,18)(H,17,25)(H,19,20,23,24). The van der Waals surface area contributed by atoms with Gasteiger partial charge in [-0.1, -0.05) is 11.6 Å². The first kappa shape index (κ1) is 18.2. The van der Waals surface area contributed by atoms with Crippen LogP contribution in [0.5, 0.6) is 5.88 Å². The van der Waals surface area contributed by atoms with E-state index < -0.39 is 11.7 Å². The zero-order valence-electron chi connectivity index (χ0n) is 13.4. The third-order valence-electron chi connectivity index (χ3n) is 3.07. The molecule has 27 heavy (non-hydrogen) atoms. The SMILES string of the molecule is N=C(Nc1ccc(F)c(Cl)c1)c1nonc1OCCNC(=O)c1nnn[nH]1. The topological polar surface area (TPSA) is 168 Å². The minimum absolute atomic E-state index is 0.0128. The van der Waals surface area contributed by atoms with E-state index in [0.29, 0.717) is 5.69 Å². The normalized spacial score (nSPS) is 10.4. The van der Waals surface area contributed by atoms with Crippen LogP contribution < -0.4 is 15.4 Å². The van der Waals surface area contributed by atoms with Gasteiger partial charge in [0.25, 0.3) is 11.8 Å². The minimum Gasteiger partial charge on any atom is -0.472 e. The summed E-state index contributed by atoms with van der Waals surface area (Å²) in [6.45, 7) is 0.129. The molecule has 0 saturated carbocycles. The van der Waals surface area contributed by atoms with Crippen molar-refractivity contribution in [3.8, 4) is 5.88 Å². The Hall–Kier alpha value is -3.61. The highest BCUT2D eigenvalue weighted by Gasteiger charge is 2.17. The van der Waals surface area contributed by atoms with Crippen LogP contribution >= 0.6 is 11.6 Å². The molecule has 0 aliphatic rings. The van der Waals surface area contributed by atoms with Crippen molar-refractivity contribution in [2.24, 2.45) is 0 Å². The number of hydrogen-bond donors (Lipinski definition) is 4. The number of anilines is 1. The van der Waals surface area contributed by atoms with Gasteiger partial charge in [-0.15, -0.1) is 5.10 Å². The van der Waals surface area contributed by atoms with Crippen LogP contribution in [0.4, 0.5) is 10.1 Å². The number of carbonyl (C=O) groups excluding carboxylic acids is 1. The summed E-state index contributed by atoms with van der Waals surface area (Å²) < 4.78 is 23.1. The predicted octanol–water partition coefficient (Wildman–Crippen LogP) is 0.621. The number of benzene rings is 1. The van der Waals surface area contributed by atoms with E-state index in [1.54, 1.807) is 0 Å². The second kappa shape index (κ2) is 8.18. The number of amidine groups is 1. The predicted molar refractivity (Wildman–Crippen MR) is 88.2 cm³/mol. The highest BCUT2D eigenvalue weighted by atomic mass is 35.5. The van der Waals surface area contributed by atoms with Crippen molar-refractivity contribution >= 4 is 29.0 Å². The summed E-state index contributed by atoms with van der Waals surface area (Å²) in [4.78, 5) is 11.6. The third-order valence-corrected chi connectivity index (χ3v) is 3.36. The van der Waals surface area contributed by atoms with E-state index in [4.69, 9.17) is 21.7 Å². The lowest BCUT2D eigenvalue weighted by atomic mass is 10.3. The third kappa shape index (κ3) is 4.52. The number of aromatic nitrogens is 6. The van der Waals surface area contributed by atoms with E-state index in [9.17, 15) is 9.18 Å². The molecular formula is C13H11ClFN9O3. The van der Waals surface area contributed by atoms with Gasteiger partial charge in [0.2, 0.25) is 11.5 Å². The van der Waals surface area contributed by atoms with Gasteiger partial charge in [0.05, 0.1) is 11.6 Å². The number of carbonyl (C=O) groups is 1. The molecule has 0 aliphatic heterocycles. The van der Waals surface area contributed by atoms with Gasteiger partial charge in [-0.3, -0.25) is 10.2 Å². The first-order chi connectivity index (χ1) is 13.0. The zero-order chi connectivity index (χ0) is 19.2. The monoisotopic (exact) mass is 395 g/mol. The fourth-order valence-corrected chi connectivity index (χ4v) is 2.04. The zero-order valence-corrected chi connectivity index (χ0v) is 14.1. The van der Waals surface area contributed by atoms with E-state index in [1.165, 1.54) is 12.1 Å². The van der Waals surface area contributed by atoms with Crippen LogP contribution in [-0.4, -0.2) is 55.8 Å². The van der Waals surface area contributed by atoms with Gasteiger partial charge in [-0.05, 0) is 38.9 Å². The summed E-state index contributed by atoms with van der Waals surface area (Å²) in [6.07, 6.45) is 0. The second-order valence-electron chi connectivity index (χ2n) is 4.90. The van der Waals surface area contributed by atoms with Crippen molar-refractivity contribution in [3.63, 3.8) is 0 Å². The molecule has 12 nitrogen and oxygen atoms in total. The Morgan fingerprint density at radius 2 is 2.26 bits per heavy atom. The van der Waals surface area contributed by atoms with E-state index in [-0.39, 0.29) is 41.4 Å². The van der Waals surface area contributed by atoms with E-state index in [1.807, 2.05) is 0 Å². The van der Waals surface area contributed by atoms with Gasteiger partial charge in [0, 0.05) is 5.69 Å². The Morgan fingerprint density at radius 3 is 3.00 bits per heavy atom. The van der Waals surface area contributed by atoms with Gasteiger partial charge in [-0.2, -0.15) is 0 Å². The molecule has 2 heterocycles. The van der Waals surface area contributed by atoms with Gasteiger partial charge >= 0.3 is 0 Å². The number of halogens is 2. The molecule has 140 valence electrons. The number of ether oxygens (including phenoxy) is 1. The number of H-pyrrole nitrogens is 1. The summed E-state index contributed by atoms with van der Waals surface area (Å²) in [5, 5.41) is 32.6. The summed E-state index contributed by atoms with van der Waals surface area (Å²) in [5.41, 5.74) is 0.356. The molecule has 0 fully saturated rings. The number of rotatable bonds is 7. The Bertz CT molecular complexity index is 946. The lowest BCUT2D eigenvalue weighted by Gasteiger charge is -2.08. The number of tetrazole rings is 1. The van der Waals surface area contributed by atoms with Crippen molar-refractivity contribution in [1.82, 2.24) is 36.3 Å². The number of nitrogens with one attached hydrogen (secondary N) is 4. The Morgan fingerprint density at radius 1 is 1.41 bits per heavy atom. The van der Waals surface area contributed by atoms with Crippen molar-refractivity contribution in [2.75, 3.05) is 18.5 Å². The molecule has 1 amide bonds. The Balaban J connectivity index is 1.53. The molecule has 14 heteroatoms. The average molecular weight is 396 g/mol. The molecule has 4 N–H and O–H groups in total. The Kier molecular flexibility index (Phi) is 5.51. The molecule has 0 saturated heterocycles. The van der Waals surface area contributed by atoms with Crippen LogP contribution in [0, 0.1) is 11.2 Å². The maximum absolute atomic E-state index is 13.2. The Labute approximate surface area is 154 Å². The molecule has 0 atom stereocenters. The molecule has 0 bridgehead atoms. The van der Waals surface area contributed by atoms with Crippen LogP contribution in [0.3, 0.4) is 0 Å². The molecular weight excluding hydrogens is 385 g/mol. The van der Waals surface area contributed by atoms with E-state index in [2.05, 4.69) is 46.2 Å². The van der Waals surface area contributed by atoms with Gasteiger partial charge in [-0.25, -0.2) is 14.1 Å². The van der Waals surface area contributed by atoms with Crippen molar-refractivity contribution in [1.29, 1.82) is 5.41 Å². The lowest BCUT2D eigenvalue weighted by Crippen LogP contribution is -2.29. The number of nitrogens with zero attached hydrogens (tertiary/aromatic N) is 5. The van der Waals surface area contributed by atoms with Crippen LogP contribution in [-0.2, 0) is 0 Å². The highest BCUT2D eigenvalue weighted by Crippen LogP contribution is 2.21. The largest absolute Gasteiger partial charge is 0.472 e. The molecule has 0 unspecified atom stereocenters.